The third kappa shape index (κ3) is 4.72. The summed E-state index contributed by atoms with van der Waals surface area (Å²) in [6, 6.07) is 7.70. The summed E-state index contributed by atoms with van der Waals surface area (Å²) in [6.07, 6.45) is -3.68. The topological polar surface area (TPSA) is 29.3 Å². The average molecular weight is 331 g/mol. The van der Waals surface area contributed by atoms with Crippen LogP contribution in [0.1, 0.15) is 18.4 Å². The third-order valence-electron chi connectivity index (χ3n) is 3.50. The molecule has 2 N–H and O–H groups in total. The first-order valence-electron chi connectivity index (χ1n) is 6.11. The van der Waals surface area contributed by atoms with Crippen molar-refractivity contribution in [2.45, 2.75) is 25.6 Å². The molecular formula is C13H19Cl2F3N2. The zero-order chi connectivity index (χ0) is 13.2. The molecule has 7 heteroatoms. The van der Waals surface area contributed by atoms with Gasteiger partial charge in [-0.2, -0.15) is 13.2 Å². The van der Waals surface area contributed by atoms with Gasteiger partial charge in [0.05, 0.1) is 5.92 Å². The molecule has 20 heavy (non-hydrogen) atoms. The molecule has 0 radical (unpaired) electrons. The van der Waals surface area contributed by atoms with Crippen LogP contribution >= 0.6 is 24.8 Å². The second-order valence-electron chi connectivity index (χ2n) is 4.67. The van der Waals surface area contributed by atoms with Crippen molar-refractivity contribution in [2.75, 3.05) is 18.0 Å². The lowest BCUT2D eigenvalue weighted by molar-refractivity contribution is -0.179. The van der Waals surface area contributed by atoms with Gasteiger partial charge in [-0.15, -0.1) is 24.8 Å². The average Bonchev–Trinajstić information content (AvgIpc) is 2.38. The number of benzene rings is 1. The van der Waals surface area contributed by atoms with E-state index in [1.54, 1.807) is 0 Å². The van der Waals surface area contributed by atoms with E-state index >= 15 is 0 Å². The summed E-state index contributed by atoms with van der Waals surface area (Å²) in [5.74, 6) is -1.14. The summed E-state index contributed by atoms with van der Waals surface area (Å²) < 4.78 is 37.6. The molecule has 0 atom stereocenters. The Balaban J connectivity index is 0.00000180. The number of halogens is 5. The van der Waals surface area contributed by atoms with Crippen molar-refractivity contribution in [1.82, 2.24) is 0 Å². The fourth-order valence-corrected chi connectivity index (χ4v) is 2.31. The van der Waals surface area contributed by atoms with Gasteiger partial charge in [-0.05, 0) is 30.5 Å². The molecule has 0 bridgehead atoms. The molecule has 0 spiro atoms. The van der Waals surface area contributed by atoms with Crippen LogP contribution in [0.4, 0.5) is 18.9 Å². The minimum Gasteiger partial charge on any atom is -0.372 e. The number of piperidine rings is 1. The number of nitrogens with two attached hydrogens (primary N) is 1. The predicted molar refractivity (Wildman–Crippen MR) is 79.8 cm³/mol. The predicted octanol–water partition coefficient (Wildman–Crippen LogP) is 3.77. The van der Waals surface area contributed by atoms with Crippen LogP contribution in [0.2, 0.25) is 0 Å². The molecule has 116 valence electrons. The number of anilines is 1. The zero-order valence-electron chi connectivity index (χ0n) is 10.9. The lowest BCUT2D eigenvalue weighted by atomic mass is 9.96. The van der Waals surface area contributed by atoms with Gasteiger partial charge in [0.2, 0.25) is 0 Å². The Hall–Kier alpha value is -0.650. The Morgan fingerprint density at radius 3 is 1.95 bits per heavy atom. The first-order chi connectivity index (χ1) is 8.50. The van der Waals surface area contributed by atoms with Crippen LogP contribution in [-0.4, -0.2) is 19.3 Å². The van der Waals surface area contributed by atoms with Crippen LogP contribution < -0.4 is 10.6 Å². The second-order valence-corrected chi connectivity index (χ2v) is 4.67. The van der Waals surface area contributed by atoms with Gasteiger partial charge in [0.15, 0.2) is 0 Å². The Morgan fingerprint density at radius 1 is 1.05 bits per heavy atom. The highest BCUT2D eigenvalue weighted by Crippen LogP contribution is 2.35. The van der Waals surface area contributed by atoms with E-state index in [0.717, 1.165) is 11.3 Å². The van der Waals surface area contributed by atoms with E-state index in [1.165, 1.54) is 0 Å². The summed E-state index contributed by atoms with van der Waals surface area (Å²) in [4.78, 5) is 2.00. The van der Waals surface area contributed by atoms with Crippen molar-refractivity contribution < 1.29 is 13.2 Å². The van der Waals surface area contributed by atoms with Gasteiger partial charge in [-0.3, -0.25) is 0 Å². The van der Waals surface area contributed by atoms with Gasteiger partial charge in [0.25, 0.3) is 0 Å². The maximum Gasteiger partial charge on any atom is 0.391 e. The van der Waals surface area contributed by atoms with Gasteiger partial charge in [0, 0.05) is 25.3 Å². The van der Waals surface area contributed by atoms with Crippen molar-refractivity contribution in [3.63, 3.8) is 0 Å². The van der Waals surface area contributed by atoms with E-state index in [0.29, 0.717) is 19.6 Å². The van der Waals surface area contributed by atoms with Gasteiger partial charge < -0.3 is 10.6 Å². The standard InChI is InChI=1S/C13H17F3N2.2ClH/c14-13(15,16)11-5-7-18(8-6-11)12-3-1-10(9-17)2-4-12;;/h1-4,11H,5-9,17H2;2*1H. The lowest BCUT2D eigenvalue weighted by Crippen LogP contribution is -2.38. The molecule has 0 aromatic heterocycles. The monoisotopic (exact) mass is 330 g/mol. The normalized spacial score (nSPS) is 16.3. The summed E-state index contributed by atoms with van der Waals surface area (Å²) >= 11 is 0. The highest BCUT2D eigenvalue weighted by atomic mass is 35.5. The largest absolute Gasteiger partial charge is 0.391 e. The Kier molecular flexibility index (Phi) is 7.70. The quantitative estimate of drug-likeness (QED) is 0.894. The van der Waals surface area contributed by atoms with Gasteiger partial charge in [-0.25, -0.2) is 0 Å². The fraction of sp³-hybridized carbons (Fsp3) is 0.538. The molecule has 0 saturated carbocycles. The molecule has 1 fully saturated rings. The SMILES string of the molecule is Cl.Cl.NCc1ccc(N2CCC(C(F)(F)F)CC2)cc1. The Labute approximate surface area is 129 Å². The van der Waals surface area contributed by atoms with Crippen molar-refractivity contribution in [2.24, 2.45) is 11.7 Å². The molecule has 2 rings (SSSR count). The molecule has 1 aliphatic rings. The number of rotatable bonds is 2. The van der Waals surface area contributed by atoms with E-state index in [1.807, 2.05) is 29.2 Å². The maximum atomic E-state index is 12.5. The summed E-state index contributed by atoms with van der Waals surface area (Å²) in [6.45, 7) is 1.41. The summed E-state index contributed by atoms with van der Waals surface area (Å²) in [5.41, 5.74) is 7.52. The van der Waals surface area contributed by atoms with E-state index in [-0.39, 0.29) is 37.7 Å². The van der Waals surface area contributed by atoms with Gasteiger partial charge >= 0.3 is 6.18 Å². The van der Waals surface area contributed by atoms with Crippen molar-refractivity contribution in [1.29, 1.82) is 0 Å². The van der Waals surface area contributed by atoms with Crippen LogP contribution in [0.15, 0.2) is 24.3 Å². The number of alkyl halides is 3. The molecule has 2 nitrogen and oxygen atoms in total. The lowest BCUT2D eigenvalue weighted by Gasteiger charge is -2.34. The zero-order valence-corrected chi connectivity index (χ0v) is 12.5. The van der Waals surface area contributed by atoms with Crippen molar-refractivity contribution >= 4 is 30.5 Å². The minimum absolute atomic E-state index is 0. The summed E-state index contributed by atoms with van der Waals surface area (Å²) in [7, 11) is 0. The van der Waals surface area contributed by atoms with Crippen LogP contribution in [0.5, 0.6) is 0 Å². The van der Waals surface area contributed by atoms with E-state index < -0.39 is 12.1 Å². The van der Waals surface area contributed by atoms with Crippen LogP contribution in [0.25, 0.3) is 0 Å². The minimum atomic E-state index is -4.05. The second kappa shape index (κ2) is 7.96. The van der Waals surface area contributed by atoms with Crippen molar-refractivity contribution in [3.05, 3.63) is 29.8 Å². The number of nitrogens with zero attached hydrogens (tertiary/aromatic N) is 1. The Bertz CT molecular complexity index is 388. The fourth-order valence-electron chi connectivity index (χ4n) is 2.31. The molecule has 1 aliphatic heterocycles. The van der Waals surface area contributed by atoms with E-state index in [9.17, 15) is 13.2 Å². The molecule has 0 unspecified atom stereocenters. The molecule has 1 aromatic carbocycles. The molecule has 1 heterocycles. The van der Waals surface area contributed by atoms with E-state index in [4.69, 9.17) is 5.73 Å². The Morgan fingerprint density at radius 2 is 1.55 bits per heavy atom. The smallest absolute Gasteiger partial charge is 0.372 e. The maximum absolute atomic E-state index is 12.5. The summed E-state index contributed by atoms with van der Waals surface area (Å²) in [5, 5.41) is 0. The molecule has 1 aromatic rings. The van der Waals surface area contributed by atoms with Crippen LogP contribution in [-0.2, 0) is 6.54 Å². The number of hydrogen-bond acceptors (Lipinski definition) is 2. The van der Waals surface area contributed by atoms with Gasteiger partial charge in [-0.1, -0.05) is 12.1 Å². The molecule has 1 saturated heterocycles. The van der Waals surface area contributed by atoms with Gasteiger partial charge in [0.1, 0.15) is 0 Å². The molecule has 0 aliphatic carbocycles. The van der Waals surface area contributed by atoms with Crippen LogP contribution in [0, 0.1) is 5.92 Å². The third-order valence-corrected chi connectivity index (χ3v) is 3.50. The highest BCUT2D eigenvalue weighted by molar-refractivity contribution is 5.85. The van der Waals surface area contributed by atoms with Crippen LogP contribution in [0.3, 0.4) is 0 Å². The molecular weight excluding hydrogens is 312 g/mol. The van der Waals surface area contributed by atoms with Crippen molar-refractivity contribution in [3.8, 4) is 0 Å². The highest BCUT2D eigenvalue weighted by Gasteiger charge is 2.41. The number of hydrogen-bond donors (Lipinski definition) is 1. The first-order valence-corrected chi connectivity index (χ1v) is 6.11. The van der Waals surface area contributed by atoms with E-state index in [2.05, 4.69) is 0 Å². The molecule has 0 amide bonds. The first kappa shape index (κ1) is 19.4.